The Bertz CT molecular complexity index is 726. The molecule has 5 heteroatoms. The highest BCUT2D eigenvalue weighted by Gasteiger charge is 2.20. The summed E-state index contributed by atoms with van der Waals surface area (Å²) in [6, 6.07) is 14.6. The molecule has 24 heavy (non-hydrogen) atoms. The first-order chi connectivity index (χ1) is 11.4. The molecular formula is C19H20BrNO3. The summed E-state index contributed by atoms with van der Waals surface area (Å²) in [6.07, 6.45) is -0.894. The van der Waals surface area contributed by atoms with Gasteiger partial charge in [0.1, 0.15) is 0 Å². The molecule has 0 spiro atoms. The van der Waals surface area contributed by atoms with Crippen LogP contribution in [0.2, 0.25) is 0 Å². The molecule has 0 aliphatic rings. The third-order valence-electron chi connectivity index (χ3n) is 3.59. The number of esters is 1. The molecule has 2 aromatic carbocycles. The Balaban J connectivity index is 1.97. The molecule has 0 fully saturated rings. The molecule has 0 aliphatic carbocycles. The van der Waals surface area contributed by atoms with Crippen LogP contribution in [0.4, 0.5) is 5.69 Å². The van der Waals surface area contributed by atoms with Crippen molar-refractivity contribution >= 4 is 33.5 Å². The number of rotatable bonds is 5. The molecule has 0 radical (unpaired) electrons. The lowest BCUT2D eigenvalue weighted by molar-refractivity contribution is -0.123. The molecule has 1 amide bonds. The van der Waals surface area contributed by atoms with Gasteiger partial charge in [-0.3, -0.25) is 4.79 Å². The van der Waals surface area contributed by atoms with Crippen LogP contribution in [0, 0.1) is 0 Å². The molecule has 1 N–H and O–H groups in total. The van der Waals surface area contributed by atoms with E-state index in [0.717, 1.165) is 0 Å². The van der Waals surface area contributed by atoms with Gasteiger partial charge in [0.2, 0.25) is 0 Å². The van der Waals surface area contributed by atoms with Gasteiger partial charge in [-0.05, 0) is 58.6 Å². The third kappa shape index (κ3) is 4.68. The topological polar surface area (TPSA) is 55.4 Å². The Morgan fingerprint density at radius 3 is 2.21 bits per heavy atom. The number of nitrogens with one attached hydrogen (secondary N) is 1. The van der Waals surface area contributed by atoms with E-state index in [0.29, 0.717) is 21.6 Å². The maximum Gasteiger partial charge on any atom is 0.340 e. The van der Waals surface area contributed by atoms with Crippen molar-refractivity contribution in [3.8, 4) is 0 Å². The Morgan fingerprint density at radius 1 is 1.00 bits per heavy atom. The number of carbonyl (C=O) groups is 2. The van der Waals surface area contributed by atoms with Crippen molar-refractivity contribution in [2.45, 2.75) is 32.8 Å². The standard InChI is InChI=1S/C19H20BrNO3/c1-12(2)14-8-10-15(11-9-14)21-18(22)13(3)24-19(23)16-6-4-5-7-17(16)20/h4-13H,1-3H3,(H,21,22)/t13-/m0/s1. The number of anilines is 1. The van der Waals surface area contributed by atoms with Crippen LogP contribution in [0.3, 0.4) is 0 Å². The summed E-state index contributed by atoms with van der Waals surface area (Å²) in [7, 11) is 0. The molecule has 0 aliphatic heterocycles. The Labute approximate surface area is 150 Å². The number of hydrogen-bond acceptors (Lipinski definition) is 3. The minimum absolute atomic E-state index is 0.368. The van der Waals surface area contributed by atoms with Gasteiger partial charge in [0.05, 0.1) is 5.56 Å². The van der Waals surface area contributed by atoms with Gasteiger partial charge in [0.15, 0.2) is 6.10 Å². The highest BCUT2D eigenvalue weighted by Crippen LogP contribution is 2.19. The summed E-state index contributed by atoms with van der Waals surface area (Å²) >= 11 is 3.29. The first kappa shape index (κ1) is 18.2. The predicted octanol–water partition coefficient (Wildman–Crippen LogP) is 4.76. The van der Waals surface area contributed by atoms with Gasteiger partial charge in [-0.1, -0.05) is 38.1 Å². The average Bonchev–Trinajstić information content (AvgIpc) is 2.55. The summed E-state index contributed by atoms with van der Waals surface area (Å²) < 4.78 is 5.86. The lowest BCUT2D eigenvalue weighted by atomic mass is 10.0. The highest BCUT2D eigenvalue weighted by atomic mass is 79.9. The highest BCUT2D eigenvalue weighted by molar-refractivity contribution is 9.10. The van der Waals surface area contributed by atoms with Gasteiger partial charge in [-0.2, -0.15) is 0 Å². The van der Waals surface area contributed by atoms with Gasteiger partial charge < -0.3 is 10.1 Å². The van der Waals surface area contributed by atoms with Crippen molar-refractivity contribution in [1.29, 1.82) is 0 Å². The molecule has 4 nitrogen and oxygen atoms in total. The maximum atomic E-state index is 12.2. The Kier molecular flexibility index (Phi) is 6.15. The van der Waals surface area contributed by atoms with Crippen molar-refractivity contribution in [2.24, 2.45) is 0 Å². The first-order valence-electron chi connectivity index (χ1n) is 7.75. The van der Waals surface area contributed by atoms with E-state index in [2.05, 4.69) is 35.1 Å². The van der Waals surface area contributed by atoms with Gasteiger partial charge in [0, 0.05) is 10.2 Å². The second kappa shape index (κ2) is 8.11. The zero-order chi connectivity index (χ0) is 17.7. The molecule has 2 aromatic rings. The third-order valence-corrected chi connectivity index (χ3v) is 4.28. The predicted molar refractivity (Wildman–Crippen MR) is 98.2 cm³/mol. The lowest BCUT2D eigenvalue weighted by Gasteiger charge is -2.14. The molecule has 0 unspecified atom stereocenters. The van der Waals surface area contributed by atoms with Crippen molar-refractivity contribution in [2.75, 3.05) is 5.32 Å². The molecular weight excluding hydrogens is 370 g/mol. The van der Waals surface area contributed by atoms with E-state index < -0.39 is 12.1 Å². The van der Waals surface area contributed by atoms with E-state index in [1.807, 2.05) is 24.3 Å². The number of carbonyl (C=O) groups excluding carboxylic acids is 2. The van der Waals surface area contributed by atoms with Crippen LogP contribution >= 0.6 is 15.9 Å². The van der Waals surface area contributed by atoms with Crippen molar-refractivity contribution in [3.05, 3.63) is 64.1 Å². The van der Waals surface area contributed by atoms with E-state index in [4.69, 9.17) is 4.74 Å². The fourth-order valence-corrected chi connectivity index (χ4v) is 2.55. The van der Waals surface area contributed by atoms with Crippen LogP contribution in [0.25, 0.3) is 0 Å². The number of benzene rings is 2. The van der Waals surface area contributed by atoms with Gasteiger partial charge >= 0.3 is 5.97 Å². The van der Waals surface area contributed by atoms with Crippen LogP contribution in [-0.4, -0.2) is 18.0 Å². The molecule has 0 saturated carbocycles. The molecule has 0 heterocycles. The summed E-state index contributed by atoms with van der Waals surface area (Å²) in [5.74, 6) is -0.480. The molecule has 0 bridgehead atoms. The van der Waals surface area contributed by atoms with Crippen LogP contribution in [0.1, 0.15) is 42.6 Å². The zero-order valence-electron chi connectivity index (χ0n) is 13.9. The van der Waals surface area contributed by atoms with E-state index >= 15 is 0 Å². The molecule has 0 saturated heterocycles. The van der Waals surface area contributed by atoms with E-state index in [1.165, 1.54) is 5.56 Å². The number of amides is 1. The van der Waals surface area contributed by atoms with Crippen LogP contribution in [0.15, 0.2) is 53.0 Å². The SMILES string of the molecule is CC(C)c1ccc(NC(=O)[C@H](C)OC(=O)c2ccccc2Br)cc1. The Morgan fingerprint density at radius 2 is 1.62 bits per heavy atom. The van der Waals surface area contributed by atoms with E-state index in [9.17, 15) is 9.59 Å². The summed E-state index contributed by atoms with van der Waals surface area (Å²) in [5, 5.41) is 2.75. The average molecular weight is 390 g/mol. The van der Waals surface area contributed by atoms with Gasteiger partial charge in [0.25, 0.3) is 5.91 Å². The summed E-state index contributed by atoms with van der Waals surface area (Å²) in [6.45, 7) is 5.76. The van der Waals surface area contributed by atoms with Crippen LogP contribution in [0.5, 0.6) is 0 Å². The molecule has 1 atom stereocenters. The molecule has 2 rings (SSSR count). The van der Waals surface area contributed by atoms with Crippen LogP contribution in [-0.2, 0) is 9.53 Å². The van der Waals surface area contributed by atoms with Crippen LogP contribution < -0.4 is 5.32 Å². The minimum atomic E-state index is -0.894. The van der Waals surface area contributed by atoms with Crippen molar-refractivity contribution in [1.82, 2.24) is 0 Å². The van der Waals surface area contributed by atoms with E-state index in [-0.39, 0.29) is 5.91 Å². The summed E-state index contributed by atoms with van der Waals surface area (Å²) in [5.41, 5.74) is 2.26. The fourth-order valence-electron chi connectivity index (χ4n) is 2.10. The second-order valence-electron chi connectivity index (χ2n) is 5.79. The fraction of sp³-hybridized carbons (Fsp3) is 0.263. The zero-order valence-corrected chi connectivity index (χ0v) is 15.5. The maximum absolute atomic E-state index is 12.2. The van der Waals surface area contributed by atoms with Gasteiger partial charge in [-0.15, -0.1) is 0 Å². The van der Waals surface area contributed by atoms with Crippen molar-refractivity contribution in [3.63, 3.8) is 0 Å². The van der Waals surface area contributed by atoms with Gasteiger partial charge in [-0.25, -0.2) is 4.79 Å². The lowest BCUT2D eigenvalue weighted by Crippen LogP contribution is -2.30. The van der Waals surface area contributed by atoms with E-state index in [1.54, 1.807) is 31.2 Å². The summed E-state index contributed by atoms with van der Waals surface area (Å²) in [4.78, 5) is 24.3. The second-order valence-corrected chi connectivity index (χ2v) is 6.65. The number of halogens is 1. The smallest absolute Gasteiger partial charge is 0.340 e. The Hall–Kier alpha value is -2.14. The number of ether oxygens (including phenoxy) is 1. The normalized spacial score (nSPS) is 11.9. The largest absolute Gasteiger partial charge is 0.449 e. The number of hydrogen-bond donors (Lipinski definition) is 1. The van der Waals surface area contributed by atoms with Crippen molar-refractivity contribution < 1.29 is 14.3 Å². The first-order valence-corrected chi connectivity index (χ1v) is 8.54. The minimum Gasteiger partial charge on any atom is -0.449 e. The molecule has 0 aromatic heterocycles. The quantitative estimate of drug-likeness (QED) is 0.750. The molecule has 126 valence electrons. The monoisotopic (exact) mass is 389 g/mol.